The number of carbonyl (C=O) groups is 4. The lowest BCUT2D eigenvalue weighted by atomic mass is 10.1. The van der Waals surface area contributed by atoms with Crippen LogP contribution in [0.4, 0.5) is 9.59 Å². The molecule has 2 fully saturated rings. The first-order valence-corrected chi connectivity index (χ1v) is 10.0. The van der Waals surface area contributed by atoms with Crippen LogP contribution in [0.2, 0.25) is 0 Å². The Morgan fingerprint density at radius 1 is 1.37 bits per heavy atom. The lowest BCUT2D eigenvalue weighted by molar-refractivity contribution is -0.140. The summed E-state index contributed by atoms with van der Waals surface area (Å²) in [5.74, 6) is -1.34. The summed E-state index contributed by atoms with van der Waals surface area (Å²) in [6.45, 7) is 1.09. The van der Waals surface area contributed by atoms with Gasteiger partial charge < -0.3 is 15.1 Å². The van der Waals surface area contributed by atoms with Crippen molar-refractivity contribution in [2.75, 3.05) is 19.6 Å². The highest BCUT2D eigenvalue weighted by atomic mass is 32.2. The molecule has 2 atom stereocenters. The van der Waals surface area contributed by atoms with Gasteiger partial charge in [0.15, 0.2) is 0 Å². The fourth-order valence-electron chi connectivity index (χ4n) is 2.65. The minimum absolute atomic E-state index is 0.0406. The Labute approximate surface area is 170 Å². The molecule has 1 aromatic rings. The zero-order chi connectivity index (χ0) is 22.1. The highest BCUT2D eigenvalue weighted by Gasteiger charge is 2.45. The van der Waals surface area contributed by atoms with Crippen LogP contribution >= 0.6 is 0 Å². The largest absolute Gasteiger partial charge is 0.463 e. The Hall–Kier alpha value is -3.46. The highest BCUT2D eigenvalue weighted by molar-refractivity contribution is 7.84. The zero-order valence-electron chi connectivity index (χ0n) is 15.6. The van der Waals surface area contributed by atoms with Crippen molar-refractivity contribution < 1.29 is 36.6 Å². The average molecular weight is 442 g/mol. The van der Waals surface area contributed by atoms with Gasteiger partial charge in [0.05, 0.1) is 32.1 Å². The third kappa shape index (κ3) is 4.41. The van der Waals surface area contributed by atoms with Crippen LogP contribution in [-0.4, -0.2) is 89.0 Å². The summed E-state index contributed by atoms with van der Waals surface area (Å²) in [6.07, 6.45) is 2.76. The number of amides is 6. The molecule has 0 aliphatic carbocycles. The van der Waals surface area contributed by atoms with Gasteiger partial charge in [0, 0.05) is 0 Å². The van der Waals surface area contributed by atoms with Crippen molar-refractivity contribution in [3.8, 4) is 0 Å². The summed E-state index contributed by atoms with van der Waals surface area (Å²) >= 11 is 0. The van der Waals surface area contributed by atoms with Gasteiger partial charge in [0.1, 0.15) is 17.8 Å². The Kier molecular flexibility index (Phi) is 5.75. The maximum Gasteiger partial charge on any atom is 0.362 e. The molecule has 0 saturated carbocycles. The van der Waals surface area contributed by atoms with E-state index in [-0.39, 0.29) is 17.4 Å². The summed E-state index contributed by atoms with van der Waals surface area (Å²) in [5.41, 5.74) is 0. The molecule has 30 heavy (non-hydrogen) atoms. The highest BCUT2D eigenvalue weighted by Crippen LogP contribution is 2.14. The van der Waals surface area contributed by atoms with Crippen LogP contribution in [0.3, 0.4) is 0 Å². The van der Waals surface area contributed by atoms with E-state index >= 15 is 0 Å². The molecule has 14 nitrogen and oxygen atoms in total. The number of imide groups is 1. The maximum atomic E-state index is 12.3. The number of nitrogens with zero attached hydrogens (tertiary/aromatic N) is 4. The van der Waals surface area contributed by atoms with E-state index in [0.29, 0.717) is 5.76 Å². The molecule has 0 radical (unpaired) electrons. The standard InChI is InChI=1S/C15H18N6O8S/c1-9(12(22)18-11-8-21(13(11)23)30(26,27)28)17-14(24)19-4-5-20(15(19)25)16-7-10-3-2-6-29-10/h2-3,6-7,9,11H,4-5,8H2,1H3,(H,17,24)(H,18,22)(H,26,27,28). The van der Waals surface area contributed by atoms with E-state index in [2.05, 4.69) is 15.7 Å². The van der Waals surface area contributed by atoms with Crippen molar-refractivity contribution in [2.45, 2.75) is 19.0 Å². The summed E-state index contributed by atoms with van der Waals surface area (Å²) in [7, 11) is -4.67. The van der Waals surface area contributed by atoms with E-state index < -0.39 is 52.8 Å². The summed E-state index contributed by atoms with van der Waals surface area (Å²) in [4.78, 5) is 49.2. The first-order valence-electron chi connectivity index (χ1n) is 8.64. The van der Waals surface area contributed by atoms with Crippen LogP contribution < -0.4 is 10.6 Å². The van der Waals surface area contributed by atoms with Crippen LogP contribution in [0.1, 0.15) is 12.7 Å². The van der Waals surface area contributed by atoms with Gasteiger partial charge in [-0.05, 0) is 19.1 Å². The molecule has 0 spiro atoms. The van der Waals surface area contributed by atoms with Gasteiger partial charge >= 0.3 is 22.4 Å². The average Bonchev–Trinajstić information content (AvgIpc) is 3.31. The fourth-order valence-corrected chi connectivity index (χ4v) is 3.34. The Morgan fingerprint density at radius 3 is 2.70 bits per heavy atom. The molecular formula is C15H18N6O8S. The SMILES string of the molecule is CC(NC(=O)N1CCN(N=Cc2ccco2)C1=O)C(=O)NC1CN(S(=O)(=O)O)C1=O. The molecule has 162 valence electrons. The molecule has 0 bridgehead atoms. The minimum atomic E-state index is -4.67. The molecule has 2 unspecified atom stereocenters. The second-order valence-electron chi connectivity index (χ2n) is 6.40. The molecule has 0 aromatic carbocycles. The fraction of sp³-hybridized carbons (Fsp3) is 0.400. The van der Waals surface area contributed by atoms with Crippen molar-refractivity contribution in [1.29, 1.82) is 0 Å². The number of urea groups is 2. The van der Waals surface area contributed by atoms with Gasteiger partial charge in [-0.2, -0.15) is 13.5 Å². The van der Waals surface area contributed by atoms with Crippen LogP contribution in [0.15, 0.2) is 27.9 Å². The van der Waals surface area contributed by atoms with E-state index in [1.54, 1.807) is 12.1 Å². The maximum absolute atomic E-state index is 12.3. The van der Waals surface area contributed by atoms with Crippen molar-refractivity contribution in [1.82, 2.24) is 24.8 Å². The van der Waals surface area contributed by atoms with Crippen molar-refractivity contribution in [3.63, 3.8) is 0 Å². The number of carbonyl (C=O) groups excluding carboxylic acids is 4. The van der Waals surface area contributed by atoms with Crippen molar-refractivity contribution in [3.05, 3.63) is 24.2 Å². The zero-order valence-corrected chi connectivity index (χ0v) is 16.4. The second-order valence-corrected chi connectivity index (χ2v) is 7.73. The summed E-state index contributed by atoms with van der Waals surface area (Å²) in [5, 5.41) is 9.57. The van der Waals surface area contributed by atoms with Gasteiger partial charge in [-0.3, -0.25) is 14.1 Å². The molecule has 3 heterocycles. The van der Waals surface area contributed by atoms with E-state index in [4.69, 9.17) is 8.97 Å². The van der Waals surface area contributed by atoms with Gasteiger partial charge in [0.25, 0.3) is 5.91 Å². The van der Waals surface area contributed by atoms with Crippen molar-refractivity contribution >= 4 is 40.4 Å². The van der Waals surface area contributed by atoms with Crippen LogP contribution in [0.25, 0.3) is 0 Å². The third-order valence-corrected chi connectivity index (χ3v) is 5.21. The van der Waals surface area contributed by atoms with Crippen molar-refractivity contribution in [2.24, 2.45) is 5.10 Å². The number of hydrazone groups is 1. The van der Waals surface area contributed by atoms with Gasteiger partial charge in [-0.15, -0.1) is 0 Å². The third-order valence-electron chi connectivity index (χ3n) is 4.32. The van der Waals surface area contributed by atoms with Gasteiger partial charge in [-0.25, -0.2) is 23.8 Å². The first kappa shape index (κ1) is 21.3. The number of furan rings is 1. The van der Waals surface area contributed by atoms with Gasteiger partial charge in [-0.1, -0.05) is 0 Å². The van der Waals surface area contributed by atoms with Crippen LogP contribution in [0, 0.1) is 0 Å². The molecule has 15 heteroatoms. The number of hydrogen-bond donors (Lipinski definition) is 3. The van der Waals surface area contributed by atoms with Crippen LogP contribution in [0.5, 0.6) is 0 Å². The monoisotopic (exact) mass is 442 g/mol. The number of β-lactam (4-membered cyclic amide) rings is 1. The first-order chi connectivity index (χ1) is 14.1. The Bertz CT molecular complexity index is 991. The van der Waals surface area contributed by atoms with E-state index in [0.717, 1.165) is 9.91 Å². The van der Waals surface area contributed by atoms with E-state index in [9.17, 15) is 27.6 Å². The number of rotatable bonds is 6. The predicted molar refractivity (Wildman–Crippen MR) is 98.3 cm³/mol. The minimum Gasteiger partial charge on any atom is -0.463 e. The molecule has 3 N–H and O–H groups in total. The molecule has 2 aliphatic rings. The lowest BCUT2D eigenvalue weighted by Crippen LogP contribution is -2.66. The lowest BCUT2D eigenvalue weighted by Gasteiger charge is -2.35. The smallest absolute Gasteiger partial charge is 0.362 e. The molecule has 6 amide bonds. The summed E-state index contributed by atoms with van der Waals surface area (Å²) < 4.78 is 35.8. The molecule has 1 aromatic heterocycles. The van der Waals surface area contributed by atoms with E-state index in [1.165, 1.54) is 19.4 Å². The molecule has 2 saturated heterocycles. The number of nitrogens with one attached hydrogen (secondary N) is 2. The molecule has 3 rings (SSSR count). The summed E-state index contributed by atoms with van der Waals surface area (Å²) in [6, 6.07) is -0.510. The van der Waals surface area contributed by atoms with E-state index in [1.807, 2.05) is 0 Å². The Morgan fingerprint density at radius 2 is 2.10 bits per heavy atom. The van der Waals surface area contributed by atoms with Gasteiger partial charge in [0.2, 0.25) is 5.91 Å². The topological polar surface area (TPSA) is 182 Å². The van der Waals surface area contributed by atoms with Crippen LogP contribution in [-0.2, 0) is 19.9 Å². The normalized spacial score (nSPS) is 20.5. The quantitative estimate of drug-likeness (QED) is 0.272. The number of hydrogen-bond acceptors (Lipinski definition) is 8. The second kappa shape index (κ2) is 8.11. The molecular weight excluding hydrogens is 424 g/mol. The molecule has 2 aliphatic heterocycles. The predicted octanol–water partition coefficient (Wildman–Crippen LogP) is -1.42. The Balaban J connectivity index is 1.49.